The zero-order valence-corrected chi connectivity index (χ0v) is 22.6. The number of fused-ring (bicyclic) bond motifs is 1. The molecule has 2 atom stereocenters. The number of anilines is 2. The van der Waals surface area contributed by atoms with Crippen LogP contribution in [0.1, 0.15) is 55.5 Å². The van der Waals surface area contributed by atoms with E-state index in [1.165, 1.54) is 16.7 Å². The molecule has 0 bridgehead atoms. The number of halogens is 3. The van der Waals surface area contributed by atoms with Gasteiger partial charge in [0.1, 0.15) is 11.1 Å². The molecule has 0 unspecified atom stereocenters. The molecule has 214 valence electrons. The van der Waals surface area contributed by atoms with Crippen LogP contribution < -0.4 is 15.2 Å². The van der Waals surface area contributed by atoms with E-state index in [1.807, 2.05) is 0 Å². The van der Waals surface area contributed by atoms with Gasteiger partial charge in [-0.25, -0.2) is 4.79 Å². The van der Waals surface area contributed by atoms with Crippen LogP contribution >= 0.6 is 0 Å². The summed E-state index contributed by atoms with van der Waals surface area (Å²) in [6.07, 6.45) is 0.178. The molecule has 0 aliphatic carbocycles. The minimum Gasteiger partial charge on any atom is -0.477 e. The molecule has 1 N–H and O–H groups in total. The Morgan fingerprint density at radius 3 is 2.39 bits per heavy atom. The minimum atomic E-state index is -4.63. The van der Waals surface area contributed by atoms with Gasteiger partial charge in [-0.1, -0.05) is 6.07 Å². The summed E-state index contributed by atoms with van der Waals surface area (Å²) in [6, 6.07) is 11.1. The van der Waals surface area contributed by atoms with E-state index in [0.717, 1.165) is 44.0 Å². The van der Waals surface area contributed by atoms with Crippen molar-refractivity contribution in [3.8, 4) is 16.9 Å². The molecule has 2 aliphatic rings. The zero-order valence-electron chi connectivity index (χ0n) is 22.6. The predicted octanol–water partition coefficient (Wildman–Crippen LogP) is 6.34. The Kier molecular flexibility index (Phi) is 6.55. The maximum absolute atomic E-state index is 14.2. The second-order valence-electron chi connectivity index (χ2n) is 10.9. The van der Waals surface area contributed by atoms with Gasteiger partial charge in [-0.05, 0) is 69.4 Å². The number of carbonyl (C=O) groups is 1. The molecule has 11 heteroatoms. The number of rotatable bonds is 5. The van der Waals surface area contributed by atoms with Gasteiger partial charge in [-0.15, -0.1) is 0 Å². The first kappa shape index (κ1) is 26.9. The van der Waals surface area contributed by atoms with E-state index in [2.05, 4.69) is 23.7 Å². The highest BCUT2D eigenvalue weighted by molar-refractivity contribution is 5.88. The third kappa shape index (κ3) is 4.83. The van der Waals surface area contributed by atoms with Gasteiger partial charge < -0.3 is 23.9 Å². The predicted molar refractivity (Wildman–Crippen MR) is 149 cm³/mol. The summed E-state index contributed by atoms with van der Waals surface area (Å²) in [5.74, 6) is -1.43. The summed E-state index contributed by atoms with van der Waals surface area (Å²) in [5, 5.41) is 9.65. The molecule has 6 rings (SSSR count). The number of nitrogens with zero attached hydrogens (tertiary/aromatic N) is 4. The van der Waals surface area contributed by atoms with Crippen molar-refractivity contribution in [1.82, 2.24) is 9.55 Å². The molecule has 2 aliphatic heterocycles. The molecule has 2 aromatic heterocycles. The summed E-state index contributed by atoms with van der Waals surface area (Å²) in [4.78, 5) is 33.1. The Morgan fingerprint density at radius 1 is 1.02 bits per heavy atom. The molecule has 4 heterocycles. The van der Waals surface area contributed by atoms with Crippen molar-refractivity contribution >= 4 is 28.8 Å². The lowest BCUT2D eigenvalue weighted by Crippen LogP contribution is -2.32. The number of aromatic nitrogens is 2. The quantitative estimate of drug-likeness (QED) is 0.301. The number of oxazole rings is 1. The molecule has 41 heavy (non-hydrogen) atoms. The van der Waals surface area contributed by atoms with Gasteiger partial charge in [-0.3, -0.25) is 4.79 Å². The van der Waals surface area contributed by atoms with Crippen LogP contribution in [0.4, 0.5) is 24.9 Å². The van der Waals surface area contributed by atoms with Crippen molar-refractivity contribution in [2.75, 3.05) is 22.9 Å². The van der Waals surface area contributed by atoms with E-state index in [4.69, 9.17) is 4.42 Å². The van der Waals surface area contributed by atoms with Gasteiger partial charge >= 0.3 is 12.1 Å². The number of alkyl halides is 3. The molecule has 0 saturated carbocycles. The van der Waals surface area contributed by atoms with Gasteiger partial charge in [-0.2, -0.15) is 18.2 Å². The lowest BCUT2D eigenvalue weighted by atomic mass is 10.0. The van der Waals surface area contributed by atoms with Crippen LogP contribution in [0, 0.1) is 0 Å². The molecular formula is C30H29F3N4O4. The number of aromatic carboxylic acids is 1. The summed E-state index contributed by atoms with van der Waals surface area (Å²) in [7, 11) is 0. The lowest BCUT2D eigenvalue weighted by molar-refractivity contribution is -0.137. The maximum Gasteiger partial charge on any atom is 0.418 e. The highest BCUT2D eigenvalue weighted by Crippen LogP contribution is 2.40. The van der Waals surface area contributed by atoms with Crippen molar-refractivity contribution in [3.63, 3.8) is 0 Å². The molecule has 0 radical (unpaired) electrons. The first-order valence-corrected chi connectivity index (χ1v) is 13.7. The summed E-state index contributed by atoms with van der Waals surface area (Å²) in [5.41, 5.74) is -0.323. The normalized spacial score (nSPS) is 19.4. The van der Waals surface area contributed by atoms with Crippen molar-refractivity contribution in [1.29, 1.82) is 0 Å². The lowest BCUT2D eigenvalue weighted by Gasteiger charge is -2.24. The fourth-order valence-electron chi connectivity index (χ4n) is 6.02. The molecule has 2 aromatic carbocycles. The third-order valence-corrected chi connectivity index (χ3v) is 8.14. The van der Waals surface area contributed by atoms with Gasteiger partial charge in [0.2, 0.25) is 0 Å². The van der Waals surface area contributed by atoms with E-state index in [1.54, 1.807) is 23.1 Å². The fourth-order valence-corrected chi connectivity index (χ4v) is 6.02. The topological polar surface area (TPSA) is 91.8 Å². The number of carboxylic acid groups (broad SMARTS) is 1. The Labute approximate surface area is 233 Å². The standard InChI is InChI=1S/C30H29F3N4O4/c1-17-5-6-18(2)37(17)29-34-23-9-8-20(14-27(23)41-29)36-16-21(28(39)40)26(38)15-25(36)19-7-10-24(35-11-3-4-12-35)22(13-19)30(31,32)33/h7-10,13-18H,3-6,11-12H2,1-2H3,(H,39,40)/t17-,18+. The second kappa shape index (κ2) is 9.97. The van der Waals surface area contributed by atoms with E-state index in [9.17, 15) is 27.9 Å². The average Bonchev–Trinajstić information content (AvgIpc) is 3.67. The molecule has 2 saturated heterocycles. The zero-order chi connectivity index (χ0) is 29.1. The Bertz CT molecular complexity index is 1690. The van der Waals surface area contributed by atoms with Crippen molar-refractivity contribution < 1.29 is 27.5 Å². The van der Waals surface area contributed by atoms with Crippen LogP contribution in [0.2, 0.25) is 0 Å². The van der Waals surface area contributed by atoms with Crippen LogP contribution in [0.3, 0.4) is 0 Å². The average molecular weight is 567 g/mol. The van der Waals surface area contributed by atoms with Gasteiger partial charge in [0.05, 0.1) is 11.3 Å². The summed E-state index contributed by atoms with van der Waals surface area (Å²) >= 11 is 0. The molecular weight excluding hydrogens is 537 g/mol. The molecule has 8 nitrogen and oxygen atoms in total. The first-order chi connectivity index (χ1) is 19.5. The van der Waals surface area contributed by atoms with E-state index < -0.39 is 28.7 Å². The number of hydrogen-bond donors (Lipinski definition) is 1. The fraction of sp³-hybridized carbons (Fsp3) is 0.367. The number of benzene rings is 2. The van der Waals surface area contributed by atoms with E-state index >= 15 is 0 Å². The van der Waals surface area contributed by atoms with Crippen molar-refractivity contribution in [2.45, 2.75) is 57.8 Å². The smallest absolute Gasteiger partial charge is 0.418 e. The van der Waals surface area contributed by atoms with E-state index in [0.29, 0.717) is 35.9 Å². The largest absolute Gasteiger partial charge is 0.477 e. The Morgan fingerprint density at radius 2 is 1.73 bits per heavy atom. The third-order valence-electron chi connectivity index (χ3n) is 8.14. The van der Waals surface area contributed by atoms with Crippen LogP contribution in [0.15, 0.2) is 57.9 Å². The highest BCUT2D eigenvalue weighted by atomic mass is 19.4. The molecule has 4 aromatic rings. The maximum atomic E-state index is 14.2. The molecule has 2 fully saturated rings. The molecule has 0 spiro atoms. The number of carboxylic acids is 1. The van der Waals surface area contributed by atoms with Crippen LogP contribution in [0.25, 0.3) is 28.0 Å². The SMILES string of the molecule is C[C@@H]1CC[C@H](C)N1c1nc2ccc(-n3cc(C(=O)O)c(=O)cc3-c3ccc(N4CCCC4)c(C(F)(F)F)c3)cc2o1. The van der Waals surface area contributed by atoms with Crippen molar-refractivity contribution in [3.05, 3.63) is 70.0 Å². The second-order valence-corrected chi connectivity index (χ2v) is 10.9. The first-order valence-electron chi connectivity index (χ1n) is 13.7. The molecule has 0 amide bonds. The minimum absolute atomic E-state index is 0.0933. The van der Waals surface area contributed by atoms with E-state index in [-0.39, 0.29) is 29.0 Å². The summed E-state index contributed by atoms with van der Waals surface area (Å²) in [6.45, 7) is 5.28. The number of pyridine rings is 1. The van der Waals surface area contributed by atoms with Crippen LogP contribution in [-0.2, 0) is 6.18 Å². The Hall–Kier alpha value is -4.28. The van der Waals surface area contributed by atoms with Gasteiger partial charge in [0, 0.05) is 54.9 Å². The monoisotopic (exact) mass is 566 g/mol. The van der Waals surface area contributed by atoms with Crippen molar-refractivity contribution in [2.24, 2.45) is 0 Å². The Balaban J connectivity index is 1.50. The number of hydrogen-bond acceptors (Lipinski definition) is 6. The summed E-state index contributed by atoms with van der Waals surface area (Å²) < 4.78 is 50.2. The highest BCUT2D eigenvalue weighted by Gasteiger charge is 2.36. The van der Waals surface area contributed by atoms with Gasteiger partial charge in [0.25, 0.3) is 6.01 Å². The van der Waals surface area contributed by atoms with Crippen LogP contribution in [-0.4, -0.2) is 45.8 Å². The van der Waals surface area contributed by atoms with Crippen LogP contribution in [0.5, 0.6) is 0 Å². The van der Waals surface area contributed by atoms with Gasteiger partial charge in [0.15, 0.2) is 11.0 Å².